The summed E-state index contributed by atoms with van der Waals surface area (Å²) in [4.78, 5) is 0.202. The molecule has 2 rings (SSSR count). The van der Waals surface area contributed by atoms with Crippen molar-refractivity contribution in [2.45, 2.75) is 11.8 Å². The summed E-state index contributed by atoms with van der Waals surface area (Å²) in [5.41, 5.74) is 1.88. The maximum Gasteiger partial charge on any atom is 0.264 e. The van der Waals surface area contributed by atoms with E-state index < -0.39 is 20.0 Å². The van der Waals surface area contributed by atoms with Crippen molar-refractivity contribution in [2.75, 3.05) is 29.0 Å². The van der Waals surface area contributed by atoms with Crippen LogP contribution in [0.1, 0.15) is 5.56 Å². The number of rotatable bonds is 5. The molecule has 0 amide bonds. The fraction of sp³-hybridized carbons (Fsp3) is 0.250. The van der Waals surface area contributed by atoms with E-state index in [0.29, 0.717) is 11.4 Å². The second kappa shape index (κ2) is 6.45. The molecule has 2 aromatic carbocycles. The highest BCUT2D eigenvalue weighted by molar-refractivity contribution is 7.92. The third-order valence-electron chi connectivity index (χ3n) is 3.75. The van der Waals surface area contributed by atoms with Crippen molar-refractivity contribution in [2.24, 2.45) is 0 Å². The average Bonchev–Trinajstić information content (AvgIpc) is 2.53. The SMILES string of the molecule is Cc1ccc(S(=O)(=O)N(C)c2ccc(N(C)S(C)(=O)=O)cc2)cc1. The highest BCUT2D eigenvalue weighted by atomic mass is 32.2. The Kier molecular flexibility index (Phi) is 4.91. The van der Waals surface area contributed by atoms with Crippen LogP contribution in [0.25, 0.3) is 0 Å². The van der Waals surface area contributed by atoms with Crippen molar-refractivity contribution >= 4 is 31.4 Å². The van der Waals surface area contributed by atoms with Gasteiger partial charge in [-0.25, -0.2) is 16.8 Å². The predicted octanol–water partition coefficient (Wildman–Crippen LogP) is 2.22. The van der Waals surface area contributed by atoms with Crippen LogP contribution in [-0.2, 0) is 20.0 Å². The Bertz CT molecular complexity index is 919. The van der Waals surface area contributed by atoms with E-state index in [1.165, 1.54) is 18.4 Å². The summed E-state index contributed by atoms with van der Waals surface area (Å²) in [5, 5.41) is 0. The first-order chi connectivity index (χ1) is 11.0. The molecule has 0 aliphatic carbocycles. The number of hydrogen-bond acceptors (Lipinski definition) is 4. The van der Waals surface area contributed by atoms with Crippen molar-refractivity contribution in [3.05, 3.63) is 54.1 Å². The Hall–Kier alpha value is -2.06. The molecule has 8 heteroatoms. The maximum absolute atomic E-state index is 12.6. The summed E-state index contributed by atoms with van der Waals surface area (Å²) in [7, 11) is -4.13. The van der Waals surface area contributed by atoms with Gasteiger partial charge in [0.25, 0.3) is 10.0 Å². The Labute approximate surface area is 143 Å². The minimum absolute atomic E-state index is 0.202. The first-order valence-corrected chi connectivity index (χ1v) is 10.4. The van der Waals surface area contributed by atoms with Crippen molar-refractivity contribution in [1.29, 1.82) is 0 Å². The molecule has 130 valence electrons. The summed E-state index contributed by atoms with van der Waals surface area (Å²) < 4.78 is 50.7. The molecule has 0 spiro atoms. The summed E-state index contributed by atoms with van der Waals surface area (Å²) in [6.45, 7) is 1.89. The molecular formula is C16H20N2O4S2. The van der Waals surface area contributed by atoms with Gasteiger partial charge in [-0.15, -0.1) is 0 Å². The van der Waals surface area contributed by atoms with Crippen LogP contribution in [0.3, 0.4) is 0 Å². The number of nitrogens with zero attached hydrogens (tertiary/aromatic N) is 2. The zero-order valence-electron chi connectivity index (χ0n) is 14.0. The van der Waals surface area contributed by atoms with Crippen LogP contribution in [0, 0.1) is 6.92 Å². The van der Waals surface area contributed by atoms with Gasteiger partial charge in [-0.1, -0.05) is 17.7 Å². The van der Waals surface area contributed by atoms with Crippen LogP contribution in [0.5, 0.6) is 0 Å². The molecule has 0 aromatic heterocycles. The highest BCUT2D eigenvalue weighted by Crippen LogP contribution is 2.25. The summed E-state index contributed by atoms with van der Waals surface area (Å²) in [6.07, 6.45) is 1.11. The van der Waals surface area contributed by atoms with E-state index in [9.17, 15) is 16.8 Å². The first-order valence-electron chi connectivity index (χ1n) is 7.13. The zero-order chi connectivity index (χ0) is 18.1. The van der Waals surface area contributed by atoms with Crippen LogP contribution < -0.4 is 8.61 Å². The van der Waals surface area contributed by atoms with Gasteiger partial charge in [0.15, 0.2) is 0 Å². The molecule has 24 heavy (non-hydrogen) atoms. The molecule has 6 nitrogen and oxygen atoms in total. The number of sulfonamides is 2. The van der Waals surface area contributed by atoms with Gasteiger partial charge in [-0.3, -0.25) is 8.61 Å². The Morgan fingerprint density at radius 1 is 0.708 bits per heavy atom. The number of anilines is 2. The van der Waals surface area contributed by atoms with Gasteiger partial charge >= 0.3 is 0 Å². The molecule has 2 aromatic rings. The third kappa shape index (κ3) is 3.70. The lowest BCUT2D eigenvalue weighted by Gasteiger charge is -2.21. The van der Waals surface area contributed by atoms with E-state index in [-0.39, 0.29) is 4.90 Å². The predicted molar refractivity (Wildman–Crippen MR) is 96.5 cm³/mol. The van der Waals surface area contributed by atoms with Gasteiger partial charge in [-0.2, -0.15) is 0 Å². The smallest absolute Gasteiger partial charge is 0.264 e. The molecule has 0 N–H and O–H groups in total. The van der Waals surface area contributed by atoms with Gasteiger partial charge in [0.05, 0.1) is 22.5 Å². The summed E-state index contributed by atoms with van der Waals surface area (Å²) >= 11 is 0. The highest BCUT2D eigenvalue weighted by Gasteiger charge is 2.21. The van der Waals surface area contributed by atoms with E-state index in [1.54, 1.807) is 48.5 Å². The molecule has 0 bridgehead atoms. The molecule has 0 saturated carbocycles. The summed E-state index contributed by atoms with van der Waals surface area (Å²) in [6, 6.07) is 12.9. The molecule has 0 aliphatic heterocycles. The van der Waals surface area contributed by atoms with E-state index in [4.69, 9.17) is 0 Å². The number of aryl methyl sites for hydroxylation is 1. The average molecular weight is 368 g/mol. The molecule has 0 unspecified atom stereocenters. The van der Waals surface area contributed by atoms with Crippen molar-refractivity contribution in [1.82, 2.24) is 0 Å². The van der Waals surface area contributed by atoms with E-state index in [2.05, 4.69) is 0 Å². The lowest BCUT2D eigenvalue weighted by atomic mass is 10.2. The Morgan fingerprint density at radius 2 is 1.12 bits per heavy atom. The Balaban J connectivity index is 2.33. The van der Waals surface area contributed by atoms with E-state index in [1.807, 2.05) is 6.92 Å². The van der Waals surface area contributed by atoms with Gasteiger partial charge in [-0.05, 0) is 43.3 Å². The molecule has 0 radical (unpaired) electrons. The van der Waals surface area contributed by atoms with Crippen LogP contribution in [0.4, 0.5) is 11.4 Å². The van der Waals surface area contributed by atoms with Crippen LogP contribution in [-0.4, -0.2) is 37.2 Å². The second-order valence-electron chi connectivity index (χ2n) is 5.53. The monoisotopic (exact) mass is 368 g/mol. The molecule has 0 fully saturated rings. The molecule has 0 heterocycles. The molecule has 0 aliphatic rings. The fourth-order valence-corrected chi connectivity index (χ4v) is 3.77. The lowest BCUT2D eigenvalue weighted by Crippen LogP contribution is -2.27. The maximum atomic E-state index is 12.6. The molecule has 0 saturated heterocycles. The van der Waals surface area contributed by atoms with Gasteiger partial charge in [0, 0.05) is 14.1 Å². The minimum atomic E-state index is -3.67. The fourth-order valence-electron chi connectivity index (χ4n) is 2.07. The van der Waals surface area contributed by atoms with Gasteiger partial charge in [0.2, 0.25) is 10.0 Å². The lowest BCUT2D eigenvalue weighted by molar-refractivity contribution is 0.594. The van der Waals surface area contributed by atoms with Crippen LogP contribution >= 0.6 is 0 Å². The molecule has 0 atom stereocenters. The van der Waals surface area contributed by atoms with Crippen LogP contribution in [0.15, 0.2) is 53.4 Å². The first kappa shape index (κ1) is 18.3. The normalized spacial score (nSPS) is 12.0. The van der Waals surface area contributed by atoms with Gasteiger partial charge < -0.3 is 0 Å². The summed E-state index contributed by atoms with van der Waals surface area (Å²) in [5.74, 6) is 0. The van der Waals surface area contributed by atoms with Crippen LogP contribution in [0.2, 0.25) is 0 Å². The zero-order valence-corrected chi connectivity index (χ0v) is 15.6. The van der Waals surface area contributed by atoms with E-state index >= 15 is 0 Å². The standard InChI is InChI=1S/C16H20N2O4S2/c1-13-5-11-16(12-6-13)24(21,22)18(3)15-9-7-14(8-10-15)17(2)23(4,19)20/h5-12H,1-4H3. The second-order valence-corrected chi connectivity index (χ2v) is 9.52. The van der Waals surface area contributed by atoms with Crippen molar-refractivity contribution in [3.8, 4) is 0 Å². The Morgan fingerprint density at radius 3 is 1.54 bits per heavy atom. The number of hydrogen-bond donors (Lipinski definition) is 0. The third-order valence-corrected chi connectivity index (χ3v) is 6.76. The van der Waals surface area contributed by atoms with Crippen molar-refractivity contribution < 1.29 is 16.8 Å². The largest absolute Gasteiger partial charge is 0.274 e. The minimum Gasteiger partial charge on any atom is -0.274 e. The van der Waals surface area contributed by atoms with E-state index in [0.717, 1.165) is 16.1 Å². The van der Waals surface area contributed by atoms with Gasteiger partial charge in [0.1, 0.15) is 0 Å². The number of benzene rings is 2. The quantitative estimate of drug-likeness (QED) is 0.811. The topological polar surface area (TPSA) is 74.8 Å². The van der Waals surface area contributed by atoms with Crippen molar-refractivity contribution in [3.63, 3.8) is 0 Å². The molecular weight excluding hydrogens is 348 g/mol.